The number of hydrogen-bond donors (Lipinski definition) is 7. The van der Waals surface area contributed by atoms with E-state index in [1.54, 1.807) is 13.8 Å². The van der Waals surface area contributed by atoms with E-state index in [4.69, 9.17) is 32.9 Å². The number of ether oxygens (including phenoxy) is 6. The molecule has 2 aliphatic rings. The first-order chi connectivity index (χ1) is 20.5. The fourth-order valence-corrected chi connectivity index (χ4v) is 5.07. The monoisotopic (exact) mass is 662 g/mol. The molecule has 2 saturated heterocycles. The van der Waals surface area contributed by atoms with Crippen LogP contribution in [-0.2, 0) is 37.5 Å². The minimum absolute atomic E-state index is 0.0720. The Hall–Kier alpha value is -0.330. The standard InChI is InChI=1S/C28H55O15P/c1-17(2)44(35,36)41-14-8-6-7-12-38-26-24(33)23(32)21(30)19(43-26)16-39-27-25(34)22(31)20(29)18(42-27)15-37-11-9-10-13-40-28(3,4)5/h17-27,29-34H,6-16H2,1-5H3,(H,35,36). The molecule has 0 spiro atoms. The third-order valence-corrected chi connectivity index (χ3v) is 9.12. The molecule has 11 atom stereocenters. The smallest absolute Gasteiger partial charge is 0.330 e. The maximum atomic E-state index is 11.8. The molecule has 44 heavy (non-hydrogen) atoms. The van der Waals surface area contributed by atoms with Crippen molar-refractivity contribution in [2.75, 3.05) is 39.6 Å². The van der Waals surface area contributed by atoms with Crippen molar-refractivity contribution < 1.29 is 73.0 Å². The zero-order valence-corrected chi connectivity index (χ0v) is 27.4. The van der Waals surface area contributed by atoms with Crippen LogP contribution in [0.1, 0.15) is 66.7 Å². The van der Waals surface area contributed by atoms with E-state index in [1.807, 2.05) is 20.8 Å². The van der Waals surface area contributed by atoms with Crippen LogP contribution in [0.3, 0.4) is 0 Å². The van der Waals surface area contributed by atoms with Crippen molar-refractivity contribution in [2.24, 2.45) is 0 Å². The summed E-state index contributed by atoms with van der Waals surface area (Å²) in [4.78, 5) is 9.69. The second-order valence-corrected chi connectivity index (χ2v) is 14.9. The highest BCUT2D eigenvalue weighted by Crippen LogP contribution is 2.47. The maximum Gasteiger partial charge on any atom is 0.330 e. The van der Waals surface area contributed by atoms with Crippen molar-refractivity contribution in [3.63, 3.8) is 0 Å². The van der Waals surface area contributed by atoms with Gasteiger partial charge in [0.25, 0.3) is 0 Å². The summed E-state index contributed by atoms with van der Waals surface area (Å²) in [7, 11) is -3.62. The van der Waals surface area contributed by atoms with Gasteiger partial charge in [-0.3, -0.25) is 4.57 Å². The molecule has 262 valence electrons. The molecule has 0 aromatic heterocycles. The Balaban J connectivity index is 1.77. The topological polar surface area (TPSA) is 223 Å². The van der Waals surface area contributed by atoms with Gasteiger partial charge in [-0.15, -0.1) is 0 Å². The highest BCUT2D eigenvalue weighted by Gasteiger charge is 2.47. The molecule has 16 heteroatoms. The van der Waals surface area contributed by atoms with Crippen LogP contribution in [0.25, 0.3) is 0 Å². The first kappa shape index (κ1) is 39.8. The summed E-state index contributed by atoms with van der Waals surface area (Å²) >= 11 is 0. The predicted octanol–water partition coefficient (Wildman–Crippen LogP) is 0.0274. The van der Waals surface area contributed by atoms with Gasteiger partial charge in [0.15, 0.2) is 12.6 Å². The van der Waals surface area contributed by atoms with Crippen molar-refractivity contribution in [3.05, 3.63) is 0 Å². The molecule has 2 fully saturated rings. The Morgan fingerprint density at radius 2 is 1.16 bits per heavy atom. The van der Waals surface area contributed by atoms with E-state index in [1.165, 1.54) is 0 Å². The molecule has 2 rings (SSSR count). The Morgan fingerprint density at radius 3 is 1.73 bits per heavy atom. The molecule has 0 saturated carbocycles. The summed E-state index contributed by atoms with van der Waals surface area (Å²) in [5, 5.41) is 62.2. The van der Waals surface area contributed by atoms with Crippen LogP contribution in [0.2, 0.25) is 0 Å². The van der Waals surface area contributed by atoms with Crippen LogP contribution in [0.15, 0.2) is 0 Å². The van der Waals surface area contributed by atoms with Crippen LogP contribution in [0.5, 0.6) is 0 Å². The number of aliphatic hydroxyl groups excluding tert-OH is 6. The van der Waals surface area contributed by atoms with Gasteiger partial charge in [-0.2, -0.15) is 0 Å². The highest BCUT2D eigenvalue weighted by atomic mass is 31.2. The summed E-state index contributed by atoms with van der Waals surface area (Å²) in [6, 6.07) is 0. The lowest BCUT2D eigenvalue weighted by Gasteiger charge is -2.43. The average Bonchev–Trinajstić information content (AvgIpc) is 2.95. The van der Waals surface area contributed by atoms with Gasteiger partial charge >= 0.3 is 7.60 Å². The van der Waals surface area contributed by atoms with Crippen molar-refractivity contribution in [3.8, 4) is 0 Å². The second-order valence-electron chi connectivity index (χ2n) is 12.5. The lowest BCUT2D eigenvalue weighted by molar-refractivity contribution is -0.331. The third kappa shape index (κ3) is 13.1. The largest absolute Gasteiger partial charge is 0.387 e. The third-order valence-electron chi connectivity index (χ3n) is 7.26. The van der Waals surface area contributed by atoms with Gasteiger partial charge in [0.05, 0.1) is 31.1 Å². The van der Waals surface area contributed by atoms with Crippen molar-refractivity contribution in [1.29, 1.82) is 0 Å². The molecule has 2 aliphatic heterocycles. The molecule has 0 aromatic rings. The summed E-state index contributed by atoms with van der Waals surface area (Å²) in [6.45, 7) is 9.81. The number of unbranched alkanes of at least 4 members (excludes halogenated alkanes) is 3. The molecule has 11 unspecified atom stereocenters. The molecule has 0 aromatic carbocycles. The Kier molecular flexibility index (Phi) is 17.1. The minimum Gasteiger partial charge on any atom is -0.387 e. The van der Waals surface area contributed by atoms with Gasteiger partial charge in [-0.25, -0.2) is 0 Å². The van der Waals surface area contributed by atoms with E-state index in [9.17, 15) is 40.1 Å². The van der Waals surface area contributed by atoms with Gasteiger partial charge < -0.3 is 68.5 Å². The summed E-state index contributed by atoms with van der Waals surface area (Å²) in [6.07, 6.45) is -11.2. The molecule has 15 nitrogen and oxygen atoms in total. The van der Waals surface area contributed by atoms with E-state index in [0.29, 0.717) is 38.9 Å². The van der Waals surface area contributed by atoms with Gasteiger partial charge in [-0.05, 0) is 52.9 Å². The van der Waals surface area contributed by atoms with Crippen LogP contribution in [-0.4, -0.2) is 148 Å². The molecule has 0 aliphatic carbocycles. The van der Waals surface area contributed by atoms with E-state index in [2.05, 4.69) is 0 Å². The fourth-order valence-electron chi connectivity index (χ4n) is 4.38. The number of aliphatic hydroxyl groups is 6. The first-order valence-corrected chi connectivity index (χ1v) is 17.0. The summed E-state index contributed by atoms with van der Waals surface area (Å²) < 4.78 is 50.5. The Bertz CT molecular complexity index is 842. The van der Waals surface area contributed by atoms with Crippen molar-refractivity contribution in [2.45, 2.75) is 139 Å². The molecule has 2 heterocycles. The van der Waals surface area contributed by atoms with Crippen LogP contribution in [0.4, 0.5) is 0 Å². The van der Waals surface area contributed by atoms with Gasteiger partial charge in [0.1, 0.15) is 48.8 Å². The normalized spacial score (nSPS) is 34.8. The SMILES string of the molecule is CC(C)P(=O)(O)OCCCCCOC1OC(COC2OC(COCCCCOC(C)(C)C)C(O)C(O)C2O)C(O)C(O)C1O. The number of rotatable bonds is 19. The van der Waals surface area contributed by atoms with Crippen LogP contribution in [0, 0.1) is 0 Å². The molecule has 0 amide bonds. The van der Waals surface area contributed by atoms with E-state index < -0.39 is 81.3 Å². The highest BCUT2D eigenvalue weighted by molar-refractivity contribution is 7.53. The van der Waals surface area contributed by atoms with Gasteiger partial charge in [0.2, 0.25) is 0 Å². The fraction of sp³-hybridized carbons (Fsp3) is 1.00. The number of hydrogen-bond acceptors (Lipinski definition) is 14. The predicted molar refractivity (Wildman–Crippen MR) is 156 cm³/mol. The lowest BCUT2D eigenvalue weighted by atomic mass is 9.98. The quantitative estimate of drug-likeness (QED) is 0.0716. The van der Waals surface area contributed by atoms with E-state index in [-0.39, 0.29) is 25.4 Å². The van der Waals surface area contributed by atoms with Gasteiger partial charge in [-0.1, -0.05) is 13.8 Å². The lowest BCUT2D eigenvalue weighted by Crippen LogP contribution is -2.61. The zero-order valence-electron chi connectivity index (χ0n) is 26.5. The molecule has 0 radical (unpaired) electrons. The minimum atomic E-state index is -3.62. The van der Waals surface area contributed by atoms with Crippen molar-refractivity contribution in [1.82, 2.24) is 0 Å². The Labute approximate surface area is 259 Å². The molecule has 7 N–H and O–H groups in total. The van der Waals surface area contributed by atoms with Gasteiger partial charge in [0, 0.05) is 19.8 Å². The second kappa shape index (κ2) is 18.9. The van der Waals surface area contributed by atoms with E-state index >= 15 is 0 Å². The summed E-state index contributed by atoms with van der Waals surface area (Å²) in [5.41, 5.74) is -0.716. The maximum absolute atomic E-state index is 11.8. The molecular formula is C28H55O15P. The Morgan fingerprint density at radius 1 is 0.659 bits per heavy atom. The summed E-state index contributed by atoms with van der Waals surface area (Å²) in [5.74, 6) is 0. The molecule has 0 bridgehead atoms. The van der Waals surface area contributed by atoms with Crippen LogP contribution >= 0.6 is 7.60 Å². The van der Waals surface area contributed by atoms with E-state index in [0.717, 1.165) is 6.42 Å². The average molecular weight is 663 g/mol. The first-order valence-electron chi connectivity index (χ1n) is 15.4. The van der Waals surface area contributed by atoms with Crippen LogP contribution < -0.4 is 0 Å². The zero-order chi connectivity index (χ0) is 33.1. The molecular weight excluding hydrogens is 607 g/mol. The van der Waals surface area contributed by atoms with Crippen molar-refractivity contribution >= 4 is 7.60 Å².